The highest BCUT2D eigenvalue weighted by atomic mass is 19.4. The normalized spacial score (nSPS) is 20.0. The first kappa shape index (κ1) is 33.3. The third-order valence-electron chi connectivity index (χ3n) is 8.49. The molecule has 2 aromatic carbocycles. The van der Waals surface area contributed by atoms with E-state index in [2.05, 4.69) is 0 Å². The Balaban J connectivity index is 1.54. The summed E-state index contributed by atoms with van der Waals surface area (Å²) in [5.74, 6) is -2.37. The average molecular weight is 628 g/mol. The maximum atomic E-state index is 13.8. The molecule has 7 nitrogen and oxygen atoms in total. The SMILES string of the molecule is Cc1cccc(C2CN(C(=O)C3CCN(C(=O)CO)CC3)CCC2C(=O)N(C)Cc2cc(C(F)(F)F)cc(C(F)(F)F)c2)c1. The van der Waals surface area contributed by atoms with Crippen molar-refractivity contribution >= 4 is 17.7 Å². The number of piperidine rings is 2. The highest BCUT2D eigenvalue weighted by Gasteiger charge is 2.41. The Morgan fingerprint density at radius 1 is 0.886 bits per heavy atom. The molecule has 2 fully saturated rings. The summed E-state index contributed by atoms with van der Waals surface area (Å²) >= 11 is 0. The molecule has 0 radical (unpaired) electrons. The number of aliphatic hydroxyl groups excluding tert-OH is 1. The van der Waals surface area contributed by atoms with Gasteiger partial charge in [0.1, 0.15) is 6.61 Å². The number of rotatable bonds is 6. The van der Waals surface area contributed by atoms with Crippen LogP contribution in [0.3, 0.4) is 0 Å². The number of amides is 3. The second kappa shape index (κ2) is 13.2. The zero-order valence-corrected chi connectivity index (χ0v) is 24.4. The number of aryl methyl sites for hydroxylation is 1. The third kappa shape index (κ3) is 7.72. The Morgan fingerprint density at radius 2 is 1.48 bits per heavy atom. The van der Waals surface area contributed by atoms with E-state index in [0.717, 1.165) is 16.0 Å². The number of nitrogens with zero attached hydrogens (tertiary/aromatic N) is 3. The molecule has 4 rings (SSSR count). The van der Waals surface area contributed by atoms with Crippen LogP contribution in [-0.4, -0.2) is 77.4 Å². The molecule has 0 aromatic heterocycles. The van der Waals surface area contributed by atoms with Crippen molar-refractivity contribution in [3.63, 3.8) is 0 Å². The van der Waals surface area contributed by atoms with Crippen LogP contribution in [0.25, 0.3) is 0 Å². The lowest BCUT2D eigenvalue weighted by Gasteiger charge is -2.42. The molecule has 2 unspecified atom stereocenters. The summed E-state index contributed by atoms with van der Waals surface area (Å²) in [7, 11) is 1.35. The monoisotopic (exact) mass is 627 g/mol. The molecular weight excluding hydrogens is 592 g/mol. The van der Waals surface area contributed by atoms with Crippen LogP contribution in [0.2, 0.25) is 0 Å². The van der Waals surface area contributed by atoms with Gasteiger partial charge in [-0.2, -0.15) is 26.3 Å². The maximum absolute atomic E-state index is 13.8. The molecule has 2 heterocycles. The number of hydrogen-bond donors (Lipinski definition) is 1. The lowest BCUT2D eigenvalue weighted by Crippen LogP contribution is -2.51. The number of likely N-dealkylation sites (tertiary alicyclic amines) is 2. The van der Waals surface area contributed by atoms with E-state index < -0.39 is 60.3 Å². The highest BCUT2D eigenvalue weighted by Crippen LogP contribution is 2.38. The second-order valence-corrected chi connectivity index (χ2v) is 11.6. The van der Waals surface area contributed by atoms with Gasteiger partial charge in [-0.15, -0.1) is 0 Å². The van der Waals surface area contributed by atoms with Crippen LogP contribution in [0, 0.1) is 18.8 Å². The summed E-state index contributed by atoms with van der Waals surface area (Å²) in [5, 5.41) is 9.12. The predicted molar refractivity (Wildman–Crippen MR) is 148 cm³/mol. The lowest BCUT2D eigenvalue weighted by atomic mass is 9.79. The van der Waals surface area contributed by atoms with E-state index in [4.69, 9.17) is 5.11 Å². The molecule has 3 amide bonds. The maximum Gasteiger partial charge on any atom is 0.416 e. The Hall–Kier alpha value is -3.61. The van der Waals surface area contributed by atoms with Gasteiger partial charge in [0.2, 0.25) is 17.7 Å². The smallest absolute Gasteiger partial charge is 0.387 e. The molecule has 1 N–H and O–H groups in total. The first-order chi connectivity index (χ1) is 20.6. The van der Waals surface area contributed by atoms with Gasteiger partial charge in [0.05, 0.1) is 11.1 Å². The number of aliphatic hydroxyl groups is 1. The Morgan fingerprint density at radius 3 is 2.02 bits per heavy atom. The Bertz CT molecular complexity index is 1340. The summed E-state index contributed by atoms with van der Waals surface area (Å²) in [6.45, 7) is 1.99. The van der Waals surface area contributed by atoms with E-state index >= 15 is 0 Å². The fourth-order valence-electron chi connectivity index (χ4n) is 6.17. The molecule has 0 aliphatic carbocycles. The van der Waals surface area contributed by atoms with Crippen LogP contribution in [0.5, 0.6) is 0 Å². The number of alkyl halides is 6. The van der Waals surface area contributed by atoms with Crippen molar-refractivity contribution in [2.45, 2.75) is 51.0 Å². The molecule has 2 aromatic rings. The molecule has 0 saturated carbocycles. The molecule has 2 aliphatic heterocycles. The minimum atomic E-state index is -5.00. The summed E-state index contributed by atoms with van der Waals surface area (Å²) < 4.78 is 80.4. The highest BCUT2D eigenvalue weighted by molar-refractivity contribution is 5.83. The van der Waals surface area contributed by atoms with Crippen LogP contribution >= 0.6 is 0 Å². The van der Waals surface area contributed by atoms with Crippen LogP contribution in [0.15, 0.2) is 42.5 Å². The Kier molecular flexibility index (Phi) is 9.96. The number of carbonyl (C=O) groups excluding carboxylic acids is 3. The van der Waals surface area contributed by atoms with Gasteiger partial charge in [-0.05, 0) is 55.5 Å². The van der Waals surface area contributed by atoms with E-state index in [1.165, 1.54) is 11.9 Å². The van der Waals surface area contributed by atoms with Gasteiger partial charge in [0.25, 0.3) is 0 Å². The molecule has 2 aliphatic rings. The molecular formula is C31H35F6N3O4. The van der Waals surface area contributed by atoms with Gasteiger partial charge in [-0.1, -0.05) is 29.8 Å². The molecule has 13 heteroatoms. The van der Waals surface area contributed by atoms with Crippen molar-refractivity contribution in [1.29, 1.82) is 0 Å². The fourth-order valence-corrected chi connectivity index (χ4v) is 6.17. The van der Waals surface area contributed by atoms with Crippen LogP contribution in [0.1, 0.15) is 53.0 Å². The van der Waals surface area contributed by atoms with Crippen LogP contribution in [0.4, 0.5) is 26.3 Å². The first-order valence-corrected chi connectivity index (χ1v) is 14.4. The van der Waals surface area contributed by atoms with Crippen molar-refractivity contribution in [2.75, 3.05) is 39.8 Å². The van der Waals surface area contributed by atoms with Crippen molar-refractivity contribution in [1.82, 2.24) is 14.7 Å². The molecule has 2 saturated heterocycles. The van der Waals surface area contributed by atoms with Gasteiger partial charge in [0, 0.05) is 57.5 Å². The first-order valence-electron chi connectivity index (χ1n) is 14.4. The van der Waals surface area contributed by atoms with Gasteiger partial charge in [0.15, 0.2) is 0 Å². The number of benzene rings is 2. The number of hydrogen-bond acceptors (Lipinski definition) is 4. The second-order valence-electron chi connectivity index (χ2n) is 11.6. The standard InChI is InChI=1S/C31H35F6N3O4/c1-19-4-3-5-22(12-19)26-17-40(28(43)21-6-9-39(10-7-21)27(42)18-41)11-8-25(26)29(44)38(2)16-20-13-23(30(32,33)34)15-24(14-20)31(35,36)37/h3-5,12-15,21,25-26,41H,6-11,16-18H2,1-2H3. The molecule has 44 heavy (non-hydrogen) atoms. The molecule has 240 valence electrons. The van der Waals surface area contributed by atoms with E-state index in [0.29, 0.717) is 38.1 Å². The number of carbonyl (C=O) groups is 3. The quantitative estimate of drug-likeness (QED) is 0.465. The minimum Gasteiger partial charge on any atom is -0.387 e. The lowest BCUT2D eigenvalue weighted by molar-refractivity contribution is -0.145. The van der Waals surface area contributed by atoms with Gasteiger partial charge in [-0.3, -0.25) is 14.4 Å². The van der Waals surface area contributed by atoms with Gasteiger partial charge in [-0.25, -0.2) is 0 Å². The van der Waals surface area contributed by atoms with Crippen molar-refractivity contribution in [3.8, 4) is 0 Å². The van der Waals surface area contributed by atoms with E-state index in [-0.39, 0.29) is 43.0 Å². The topological polar surface area (TPSA) is 81.2 Å². The van der Waals surface area contributed by atoms with E-state index in [9.17, 15) is 40.7 Å². The summed E-state index contributed by atoms with van der Waals surface area (Å²) in [5.41, 5.74) is -1.46. The number of halogens is 6. The molecule has 0 spiro atoms. The van der Waals surface area contributed by atoms with Crippen LogP contribution < -0.4 is 0 Å². The minimum absolute atomic E-state index is 0.0557. The average Bonchev–Trinajstić information content (AvgIpc) is 2.98. The molecule has 2 atom stereocenters. The zero-order chi connectivity index (χ0) is 32.4. The summed E-state index contributed by atoms with van der Waals surface area (Å²) in [6.07, 6.45) is -8.86. The third-order valence-corrected chi connectivity index (χ3v) is 8.49. The van der Waals surface area contributed by atoms with Gasteiger partial charge >= 0.3 is 12.4 Å². The molecule has 0 bridgehead atoms. The fraction of sp³-hybridized carbons (Fsp3) is 0.516. The van der Waals surface area contributed by atoms with Crippen molar-refractivity contribution in [2.24, 2.45) is 11.8 Å². The predicted octanol–water partition coefficient (Wildman–Crippen LogP) is 4.85. The Labute approximate surface area is 251 Å². The largest absolute Gasteiger partial charge is 0.416 e. The van der Waals surface area contributed by atoms with Crippen LogP contribution in [-0.2, 0) is 33.3 Å². The van der Waals surface area contributed by atoms with E-state index in [1.807, 2.05) is 31.2 Å². The zero-order valence-electron chi connectivity index (χ0n) is 24.4. The van der Waals surface area contributed by atoms with E-state index in [1.54, 1.807) is 4.90 Å². The van der Waals surface area contributed by atoms with Crippen molar-refractivity contribution < 1.29 is 45.8 Å². The summed E-state index contributed by atoms with van der Waals surface area (Å²) in [4.78, 5) is 43.4. The van der Waals surface area contributed by atoms with Crippen molar-refractivity contribution in [3.05, 3.63) is 70.3 Å². The van der Waals surface area contributed by atoms with Gasteiger partial charge < -0.3 is 19.8 Å². The summed E-state index contributed by atoms with van der Waals surface area (Å²) in [6, 6.07) is 8.75.